The third kappa shape index (κ3) is 3.40. The molecule has 0 saturated carbocycles. The average molecular weight is 418 g/mol. The predicted octanol–water partition coefficient (Wildman–Crippen LogP) is 5.40. The van der Waals surface area contributed by atoms with E-state index < -0.39 is 0 Å². The zero-order chi connectivity index (χ0) is 15.6. The first-order chi connectivity index (χ1) is 9.97. The lowest BCUT2D eigenvalue weighted by Crippen LogP contribution is -2.01. The van der Waals surface area contributed by atoms with E-state index >= 15 is 0 Å². The first-order valence-corrected chi connectivity index (χ1v) is 8.00. The van der Waals surface area contributed by atoms with Crippen LogP contribution in [0.15, 0.2) is 34.8 Å². The topological polar surface area (TPSA) is 18.5 Å². The van der Waals surface area contributed by atoms with Gasteiger partial charge in [-0.25, -0.2) is 4.39 Å². The van der Waals surface area contributed by atoms with Crippen molar-refractivity contribution in [1.29, 1.82) is 0 Å². The van der Waals surface area contributed by atoms with Crippen molar-refractivity contribution < 1.29 is 13.9 Å². The molecule has 0 aliphatic heterocycles. The molecule has 2 aromatic rings. The molecule has 2 rings (SSSR count). The van der Waals surface area contributed by atoms with Crippen LogP contribution in [0.4, 0.5) is 4.39 Å². The van der Waals surface area contributed by atoms with E-state index in [2.05, 4.69) is 31.9 Å². The van der Waals surface area contributed by atoms with Gasteiger partial charge in [-0.1, -0.05) is 44.0 Å². The van der Waals surface area contributed by atoms with Crippen molar-refractivity contribution in [3.05, 3.63) is 57.3 Å². The lowest BCUT2D eigenvalue weighted by molar-refractivity contribution is 0.351. The van der Waals surface area contributed by atoms with Crippen LogP contribution in [0, 0.1) is 12.7 Å². The second-order valence-corrected chi connectivity index (χ2v) is 6.39. The van der Waals surface area contributed by atoms with Gasteiger partial charge in [0, 0.05) is 16.1 Å². The van der Waals surface area contributed by atoms with Crippen LogP contribution in [0.3, 0.4) is 0 Å². The highest BCUT2D eigenvalue weighted by atomic mass is 79.9. The Labute approximate surface area is 140 Å². The smallest absolute Gasteiger partial charge is 0.163 e. The van der Waals surface area contributed by atoms with Gasteiger partial charge in [-0.2, -0.15) is 0 Å². The van der Waals surface area contributed by atoms with E-state index in [1.165, 1.54) is 20.3 Å². The highest BCUT2D eigenvalue weighted by Crippen LogP contribution is 2.40. The number of alkyl halides is 1. The minimum atomic E-state index is -0.345. The van der Waals surface area contributed by atoms with E-state index in [1.807, 2.05) is 25.1 Å². The molecule has 5 heteroatoms. The standard InChI is InChI=1S/C16H15Br2FO2/c1-9-4-5-10(12(17)6-9)16(18)11-7-14(20-2)15(21-3)8-13(11)19/h4-8,16H,1-3H3. The molecule has 1 atom stereocenters. The van der Waals surface area contributed by atoms with Gasteiger partial charge in [0.25, 0.3) is 0 Å². The third-order valence-corrected chi connectivity index (χ3v) is 4.88. The van der Waals surface area contributed by atoms with Crippen LogP contribution < -0.4 is 9.47 Å². The number of halogens is 3. The van der Waals surface area contributed by atoms with Crippen LogP contribution in [-0.4, -0.2) is 14.2 Å². The summed E-state index contributed by atoms with van der Waals surface area (Å²) in [7, 11) is 3.02. The SMILES string of the molecule is COc1cc(F)c(C(Br)c2ccc(C)cc2Br)cc1OC. The molecule has 0 heterocycles. The molecule has 0 aromatic heterocycles. The number of rotatable bonds is 4. The molecular formula is C16H15Br2FO2. The highest BCUT2D eigenvalue weighted by Gasteiger charge is 2.20. The maximum absolute atomic E-state index is 14.3. The molecule has 0 radical (unpaired) electrons. The summed E-state index contributed by atoms with van der Waals surface area (Å²) in [6.07, 6.45) is 0. The monoisotopic (exact) mass is 416 g/mol. The quantitative estimate of drug-likeness (QED) is 0.620. The third-order valence-electron chi connectivity index (χ3n) is 3.20. The molecule has 0 aliphatic rings. The highest BCUT2D eigenvalue weighted by molar-refractivity contribution is 9.11. The van der Waals surface area contributed by atoms with E-state index in [4.69, 9.17) is 9.47 Å². The Morgan fingerprint density at radius 1 is 1.00 bits per heavy atom. The Morgan fingerprint density at radius 2 is 1.62 bits per heavy atom. The average Bonchev–Trinajstić information content (AvgIpc) is 2.46. The fourth-order valence-electron chi connectivity index (χ4n) is 2.07. The molecule has 2 aromatic carbocycles. The fourth-order valence-corrected chi connectivity index (χ4v) is 3.85. The van der Waals surface area contributed by atoms with Crippen LogP contribution in [0.5, 0.6) is 11.5 Å². The Bertz CT molecular complexity index is 659. The molecule has 0 fully saturated rings. The normalized spacial score (nSPS) is 12.1. The molecule has 0 saturated heterocycles. The Kier molecular flexibility index (Phi) is 5.27. The van der Waals surface area contributed by atoms with Crippen molar-refractivity contribution in [1.82, 2.24) is 0 Å². The first kappa shape index (κ1) is 16.3. The zero-order valence-corrected chi connectivity index (χ0v) is 15.1. The van der Waals surface area contributed by atoms with Gasteiger partial charge in [0.15, 0.2) is 11.5 Å². The fraction of sp³-hybridized carbons (Fsp3) is 0.250. The minimum absolute atomic E-state index is 0.285. The number of hydrogen-bond donors (Lipinski definition) is 0. The van der Waals surface area contributed by atoms with Gasteiger partial charge in [-0.15, -0.1) is 0 Å². The molecule has 0 aliphatic carbocycles. The van der Waals surface area contributed by atoms with Crippen molar-refractivity contribution >= 4 is 31.9 Å². The molecule has 112 valence electrons. The summed E-state index contributed by atoms with van der Waals surface area (Å²) in [6.45, 7) is 2.01. The maximum Gasteiger partial charge on any atom is 0.163 e. The van der Waals surface area contributed by atoms with E-state index in [0.717, 1.165) is 15.6 Å². The summed E-state index contributed by atoms with van der Waals surface area (Å²) in [6, 6.07) is 8.95. The Balaban J connectivity index is 2.50. The van der Waals surface area contributed by atoms with Crippen LogP contribution in [0.1, 0.15) is 21.5 Å². The lowest BCUT2D eigenvalue weighted by atomic mass is 10.0. The molecular weight excluding hydrogens is 403 g/mol. The number of ether oxygens (including phenoxy) is 2. The second-order valence-electron chi connectivity index (χ2n) is 4.62. The van der Waals surface area contributed by atoms with Crippen molar-refractivity contribution in [2.45, 2.75) is 11.8 Å². The lowest BCUT2D eigenvalue weighted by Gasteiger charge is -2.16. The van der Waals surface area contributed by atoms with Crippen molar-refractivity contribution in [2.24, 2.45) is 0 Å². The van der Waals surface area contributed by atoms with Gasteiger partial charge in [0.2, 0.25) is 0 Å². The summed E-state index contributed by atoms with van der Waals surface area (Å²) >= 11 is 7.09. The van der Waals surface area contributed by atoms with Gasteiger partial charge in [-0.05, 0) is 30.2 Å². The summed E-state index contributed by atoms with van der Waals surface area (Å²) in [5, 5.41) is 0. The molecule has 1 unspecified atom stereocenters. The second kappa shape index (κ2) is 6.79. The molecule has 0 N–H and O–H groups in total. The summed E-state index contributed by atoms with van der Waals surface area (Å²) in [5.41, 5.74) is 2.59. The van der Waals surface area contributed by atoms with Gasteiger partial charge < -0.3 is 9.47 Å². The van der Waals surface area contributed by atoms with E-state index in [-0.39, 0.29) is 10.6 Å². The van der Waals surface area contributed by atoms with E-state index in [1.54, 1.807) is 6.07 Å². The van der Waals surface area contributed by atoms with Crippen molar-refractivity contribution in [2.75, 3.05) is 14.2 Å². The van der Waals surface area contributed by atoms with Crippen LogP contribution in [0.25, 0.3) is 0 Å². The molecule has 0 bridgehead atoms. The van der Waals surface area contributed by atoms with Gasteiger partial charge in [0.1, 0.15) is 5.82 Å². The predicted molar refractivity (Wildman–Crippen MR) is 89.2 cm³/mol. The number of benzene rings is 2. The zero-order valence-electron chi connectivity index (χ0n) is 11.9. The number of aryl methyl sites for hydroxylation is 1. The molecule has 0 spiro atoms. The van der Waals surface area contributed by atoms with Gasteiger partial charge in [-0.3, -0.25) is 0 Å². The maximum atomic E-state index is 14.3. The Morgan fingerprint density at radius 3 is 2.19 bits per heavy atom. The van der Waals surface area contributed by atoms with Gasteiger partial charge in [0.05, 0.1) is 19.0 Å². The number of hydrogen-bond acceptors (Lipinski definition) is 2. The van der Waals surface area contributed by atoms with Crippen LogP contribution in [-0.2, 0) is 0 Å². The van der Waals surface area contributed by atoms with E-state index in [9.17, 15) is 4.39 Å². The van der Waals surface area contributed by atoms with E-state index in [0.29, 0.717) is 17.1 Å². The molecule has 0 amide bonds. The van der Waals surface area contributed by atoms with Crippen molar-refractivity contribution in [3.63, 3.8) is 0 Å². The van der Waals surface area contributed by atoms with Crippen LogP contribution >= 0.6 is 31.9 Å². The van der Waals surface area contributed by atoms with Crippen molar-refractivity contribution in [3.8, 4) is 11.5 Å². The summed E-state index contributed by atoms with van der Waals surface area (Å²) in [4.78, 5) is -0.285. The molecule has 2 nitrogen and oxygen atoms in total. The number of methoxy groups -OCH3 is 2. The first-order valence-electron chi connectivity index (χ1n) is 6.29. The van der Waals surface area contributed by atoms with Crippen LogP contribution in [0.2, 0.25) is 0 Å². The largest absolute Gasteiger partial charge is 0.493 e. The minimum Gasteiger partial charge on any atom is -0.493 e. The summed E-state index contributed by atoms with van der Waals surface area (Å²) in [5.74, 6) is 0.532. The summed E-state index contributed by atoms with van der Waals surface area (Å²) < 4.78 is 25.6. The van der Waals surface area contributed by atoms with Gasteiger partial charge >= 0.3 is 0 Å². The molecule has 21 heavy (non-hydrogen) atoms. The Hall–Kier alpha value is -1.07.